The fourth-order valence-electron chi connectivity index (χ4n) is 2.10. The molecule has 1 aliphatic heterocycles. The molecule has 1 unspecified atom stereocenters. The van der Waals surface area contributed by atoms with Gasteiger partial charge in [0.2, 0.25) is 5.91 Å². The van der Waals surface area contributed by atoms with E-state index in [2.05, 4.69) is 15.8 Å². The van der Waals surface area contributed by atoms with Crippen LogP contribution in [0.3, 0.4) is 0 Å². The third-order valence-corrected chi connectivity index (χ3v) is 3.76. The zero-order valence-corrected chi connectivity index (χ0v) is 13.3. The van der Waals surface area contributed by atoms with Gasteiger partial charge < -0.3 is 10.1 Å². The summed E-state index contributed by atoms with van der Waals surface area (Å²) in [6.07, 6.45) is 0.430. The van der Waals surface area contributed by atoms with Crippen molar-refractivity contribution in [1.29, 1.82) is 0 Å². The molecule has 1 atom stereocenters. The van der Waals surface area contributed by atoms with E-state index in [4.69, 9.17) is 4.74 Å². The highest BCUT2D eigenvalue weighted by atomic mass is 16.5. The molecule has 6 nitrogen and oxygen atoms in total. The van der Waals surface area contributed by atoms with Crippen LogP contribution in [-0.2, 0) is 14.3 Å². The first kappa shape index (κ1) is 16.2. The van der Waals surface area contributed by atoms with Crippen LogP contribution >= 0.6 is 0 Å². The van der Waals surface area contributed by atoms with Gasteiger partial charge in [0.25, 0.3) is 5.91 Å². The molecular weight excluding hydrogens is 282 g/mol. The lowest BCUT2D eigenvalue weighted by Crippen LogP contribution is -2.38. The zero-order valence-electron chi connectivity index (χ0n) is 13.3. The van der Waals surface area contributed by atoms with Gasteiger partial charge in [0, 0.05) is 25.1 Å². The number of nitrogens with zero attached hydrogens (tertiary/aromatic N) is 1. The van der Waals surface area contributed by atoms with E-state index in [1.807, 2.05) is 31.2 Å². The van der Waals surface area contributed by atoms with Gasteiger partial charge in [-0.1, -0.05) is 19.1 Å². The Morgan fingerprint density at radius 3 is 2.55 bits per heavy atom. The van der Waals surface area contributed by atoms with E-state index in [9.17, 15) is 9.59 Å². The molecule has 0 fully saturated rings. The molecule has 22 heavy (non-hydrogen) atoms. The lowest BCUT2D eigenvalue weighted by Gasteiger charge is -2.22. The zero-order chi connectivity index (χ0) is 16.3. The average Bonchev–Trinajstić information content (AvgIpc) is 2.48. The molecule has 0 aromatic heterocycles. The topological polar surface area (TPSA) is 79.8 Å². The molecule has 0 radical (unpaired) electrons. The van der Waals surface area contributed by atoms with E-state index in [0.29, 0.717) is 12.1 Å². The first-order chi connectivity index (χ1) is 10.3. The van der Waals surface area contributed by atoms with Crippen molar-refractivity contribution in [1.82, 2.24) is 5.43 Å². The summed E-state index contributed by atoms with van der Waals surface area (Å²) in [6, 6.07) is 7.37. The number of methoxy groups -OCH3 is 1. The standard InChI is InChI=1S/C16H21N3O3/c1-10-9-13(20)18-19-14(10)11-5-7-12(8-6-11)17-15(21)16(2,3)22-4/h5-8,10H,9H2,1-4H3,(H,17,21)(H,18,20). The van der Waals surface area contributed by atoms with Gasteiger partial charge in [-0.25, -0.2) is 5.43 Å². The Bertz CT molecular complexity index is 606. The normalized spacial score (nSPS) is 18.5. The second kappa shape index (κ2) is 6.27. The summed E-state index contributed by atoms with van der Waals surface area (Å²) in [5, 5.41) is 6.92. The monoisotopic (exact) mass is 303 g/mol. The van der Waals surface area contributed by atoms with Crippen LogP contribution in [0, 0.1) is 5.92 Å². The molecule has 0 bridgehead atoms. The predicted octanol–water partition coefficient (Wildman–Crippen LogP) is 1.91. The molecule has 118 valence electrons. The molecule has 0 saturated heterocycles. The summed E-state index contributed by atoms with van der Waals surface area (Å²) in [4.78, 5) is 23.3. The molecule has 0 spiro atoms. The molecule has 2 N–H and O–H groups in total. The third kappa shape index (κ3) is 3.51. The lowest BCUT2D eigenvalue weighted by atomic mass is 9.94. The van der Waals surface area contributed by atoms with E-state index in [0.717, 1.165) is 11.3 Å². The molecule has 1 aliphatic rings. The van der Waals surface area contributed by atoms with Crippen LogP contribution in [0.25, 0.3) is 0 Å². The van der Waals surface area contributed by atoms with Gasteiger partial charge in [-0.3, -0.25) is 9.59 Å². The number of rotatable bonds is 4. The van der Waals surface area contributed by atoms with Gasteiger partial charge in [-0.05, 0) is 31.5 Å². The van der Waals surface area contributed by atoms with E-state index in [1.54, 1.807) is 13.8 Å². The SMILES string of the molecule is COC(C)(C)C(=O)Nc1ccc(C2=NNC(=O)CC2C)cc1. The Hall–Kier alpha value is -2.21. The number of hydrogen-bond donors (Lipinski definition) is 2. The number of benzene rings is 1. The van der Waals surface area contributed by atoms with E-state index < -0.39 is 5.60 Å². The van der Waals surface area contributed by atoms with Crippen LogP contribution in [0.5, 0.6) is 0 Å². The first-order valence-electron chi connectivity index (χ1n) is 7.17. The van der Waals surface area contributed by atoms with Crippen LogP contribution in [0.4, 0.5) is 5.69 Å². The smallest absolute Gasteiger partial charge is 0.256 e. The molecule has 1 aromatic carbocycles. The Morgan fingerprint density at radius 1 is 1.36 bits per heavy atom. The van der Waals surface area contributed by atoms with Crippen molar-refractivity contribution in [3.63, 3.8) is 0 Å². The first-order valence-corrected chi connectivity index (χ1v) is 7.17. The van der Waals surface area contributed by atoms with Crippen LogP contribution in [0.1, 0.15) is 32.8 Å². The van der Waals surface area contributed by atoms with Crippen LogP contribution < -0.4 is 10.7 Å². The quantitative estimate of drug-likeness (QED) is 0.891. The van der Waals surface area contributed by atoms with Crippen LogP contribution in [0.2, 0.25) is 0 Å². The van der Waals surface area contributed by atoms with Gasteiger partial charge in [0.1, 0.15) is 5.60 Å². The third-order valence-electron chi connectivity index (χ3n) is 3.76. The number of hydrazone groups is 1. The van der Waals surface area contributed by atoms with Crippen molar-refractivity contribution in [3.05, 3.63) is 29.8 Å². The van der Waals surface area contributed by atoms with Crippen molar-refractivity contribution < 1.29 is 14.3 Å². The van der Waals surface area contributed by atoms with Gasteiger partial charge in [0.05, 0.1) is 5.71 Å². The van der Waals surface area contributed by atoms with E-state index >= 15 is 0 Å². The molecule has 1 aromatic rings. The van der Waals surface area contributed by atoms with Crippen molar-refractivity contribution in [2.45, 2.75) is 32.8 Å². The van der Waals surface area contributed by atoms with Crippen LogP contribution in [-0.4, -0.2) is 30.2 Å². The minimum Gasteiger partial charge on any atom is -0.369 e. The van der Waals surface area contributed by atoms with Crippen molar-refractivity contribution in [3.8, 4) is 0 Å². The summed E-state index contributed by atoms with van der Waals surface area (Å²) in [5.74, 6) is -0.207. The number of carbonyl (C=O) groups excluding carboxylic acids is 2. The Labute approximate surface area is 129 Å². The second-order valence-electron chi connectivity index (χ2n) is 5.88. The van der Waals surface area contributed by atoms with E-state index in [-0.39, 0.29) is 17.7 Å². The Balaban J connectivity index is 2.11. The number of amides is 2. The lowest BCUT2D eigenvalue weighted by molar-refractivity contribution is -0.133. The molecule has 6 heteroatoms. The van der Waals surface area contributed by atoms with Crippen molar-refractivity contribution >= 4 is 23.2 Å². The maximum Gasteiger partial charge on any atom is 0.256 e. The molecule has 1 heterocycles. The highest BCUT2D eigenvalue weighted by Crippen LogP contribution is 2.19. The maximum absolute atomic E-state index is 12.0. The summed E-state index contributed by atoms with van der Waals surface area (Å²) in [5.41, 5.74) is 4.07. The second-order valence-corrected chi connectivity index (χ2v) is 5.88. The van der Waals surface area contributed by atoms with Crippen molar-refractivity contribution in [2.75, 3.05) is 12.4 Å². The molecule has 0 saturated carbocycles. The highest BCUT2D eigenvalue weighted by Gasteiger charge is 2.27. The average molecular weight is 303 g/mol. The van der Waals surface area contributed by atoms with Gasteiger partial charge >= 0.3 is 0 Å². The molecular formula is C16H21N3O3. The van der Waals surface area contributed by atoms with E-state index in [1.165, 1.54) is 7.11 Å². The molecule has 2 amide bonds. The Kier molecular flexibility index (Phi) is 4.61. The number of anilines is 1. The predicted molar refractivity (Wildman–Crippen MR) is 84.6 cm³/mol. The largest absolute Gasteiger partial charge is 0.369 e. The fraction of sp³-hybridized carbons (Fsp3) is 0.438. The molecule has 2 rings (SSSR count). The summed E-state index contributed by atoms with van der Waals surface area (Å²) in [6.45, 7) is 5.38. The summed E-state index contributed by atoms with van der Waals surface area (Å²) in [7, 11) is 1.50. The van der Waals surface area contributed by atoms with Gasteiger partial charge in [-0.2, -0.15) is 5.10 Å². The minimum absolute atomic E-state index is 0.0677. The molecule has 0 aliphatic carbocycles. The number of hydrogen-bond acceptors (Lipinski definition) is 4. The Morgan fingerprint density at radius 2 is 2.00 bits per heavy atom. The summed E-state index contributed by atoms with van der Waals surface area (Å²) >= 11 is 0. The van der Waals surface area contributed by atoms with Gasteiger partial charge in [0.15, 0.2) is 0 Å². The fourth-order valence-corrected chi connectivity index (χ4v) is 2.10. The number of ether oxygens (including phenoxy) is 1. The van der Waals surface area contributed by atoms with Crippen molar-refractivity contribution in [2.24, 2.45) is 11.0 Å². The van der Waals surface area contributed by atoms with Crippen LogP contribution in [0.15, 0.2) is 29.4 Å². The summed E-state index contributed by atoms with van der Waals surface area (Å²) < 4.78 is 5.14. The number of nitrogens with one attached hydrogen (secondary N) is 2. The maximum atomic E-state index is 12.0. The van der Waals surface area contributed by atoms with Gasteiger partial charge in [-0.15, -0.1) is 0 Å². The highest BCUT2D eigenvalue weighted by molar-refractivity contribution is 6.06. The number of carbonyl (C=O) groups is 2. The minimum atomic E-state index is -0.884.